The van der Waals surface area contributed by atoms with Gasteiger partial charge in [-0.1, -0.05) is 43.7 Å². The molecule has 0 bridgehead atoms. The highest BCUT2D eigenvalue weighted by Gasteiger charge is 2.36. The smallest absolute Gasteiger partial charge is 0.323 e. The van der Waals surface area contributed by atoms with Crippen LogP contribution >= 0.6 is 0 Å². The van der Waals surface area contributed by atoms with Crippen LogP contribution in [0.2, 0.25) is 0 Å². The zero-order chi connectivity index (χ0) is 15.3. The minimum atomic E-state index is -0.803. The molecule has 2 N–H and O–H groups in total. The molecule has 2 unspecified atom stereocenters. The first kappa shape index (κ1) is 16.0. The summed E-state index contributed by atoms with van der Waals surface area (Å²) in [5.41, 5.74) is 0.509. The monoisotopic (exact) mass is 290 g/mol. The average Bonchev–Trinajstić information content (AvgIpc) is 2.87. The van der Waals surface area contributed by atoms with E-state index >= 15 is 0 Å². The standard InChI is InChI=1S/C17H26N2O2/c1-3-10-17(2,16(20)21)18-15-9-11-19(13-15)12-14-7-5-4-6-8-14/h4-8,15,18H,3,9-13H2,1-2H3,(H,20,21). The Morgan fingerprint density at radius 2 is 2.14 bits per heavy atom. The van der Waals surface area contributed by atoms with E-state index in [4.69, 9.17) is 0 Å². The molecule has 0 aromatic heterocycles. The van der Waals surface area contributed by atoms with Crippen LogP contribution in [0.15, 0.2) is 30.3 Å². The molecule has 4 heteroatoms. The third kappa shape index (κ3) is 4.29. The van der Waals surface area contributed by atoms with Crippen LogP contribution in [0.1, 0.15) is 38.7 Å². The fourth-order valence-corrected chi connectivity index (χ4v) is 3.13. The highest BCUT2D eigenvalue weighted by molar-refractivity contribution is 5.78. The van der Waals surface area contributed by atoms with E-state index in [0.717, 1.165) is 32.5 Å². The van der Waals surface area contributed by atoms with Gasteiger partial charge in [-0.25, -0.2) is 0 Å². The molecule has 1 aromatic rings. The Hall–Kier alpha value is -1.39. The second kappa shape index (κ2) is 7.05. The predicted octanol–water partition coefficient (Wildman–Crippen LogP) is 2.49. The zero-order valence-electron chi connectivity index (χ0n) is 13.0. The van der Waals surface area contributed by atoms with Gasteiger partial charge in [-0.15, -0.1) is 0 Å². The molecule has 0 spiro atoms. The number of nitrogens with zero attached hydrogens (tertiary/aromatic N) is 1. The number of benzene rings is 1. The van der Waals surface area contributed by atoms with E-state index in [1.807, 2.05) is 13.0 Å². The first-order valence-electron chi connectivity index (χ1n) is 7.81. The molecule has 116 valence electrons. The van der Waals surface area contributed by atoms with E-state index in [-0.39, 0.29) is 6.04 Å². The Kier molecular flexibility index (Phi) is 5.37. The number of hydrogen-bond acceptors (Lipinski definition) is 3. The van der Waals surface area contributed by atoms with Crippen molar-refractivity contribution in [3.8, 4) is 0 Å². The summed E-state index contributed by atoms with van der Waals surface area (Å²) in [7, 11) is 0. The Morgan fingerprint density at radius 3 is 2.76 bits per heavy atom. The van der Waals surface area contributed by atoms with Crippen molar-refractivity contribution in [3.63, 3.8) is 0 Å². The lowest BCUT2D eigenvalue weighted by Gasteiger charge is -2.29. The summed E-state index contributed by atoms with van der Waals surface area (Å²) in [6.07, 6.45) is 2.55. The van der Waals surface area contributed by atoms with E-state index in [1.165, 1.54) is 5.56 Å². The van der Waals surface area contributed by atoms with Crippen molar-refractivity contribution >= 4 is 5.97 Å². The molecule has 1 saturated heterocycles. The van der Waals surface area contributed by atoms with Gasteiger partial charge in [0.1, 0.15) is 5.54 Å². The molecule has 1 aliphatic rings. The lowest BCUT2D eigenvalue weighted by Crippen LogP contribution is -2.54. The van der Waals surface area contributed by atoms with Gasteiger partial charge in [0.25, 0.3) is 0 Å². The van der Waals surface area contributed by atoms with E-state index in [1.54, 1.807) is 6.92 Å². The molecular weight excluding hydrogens is 264 g/mol. The van der Waals surface area contributed by atoms with E-state index < -0.39 is 11.5 Å². The number of carboxylic acids is 1. The summed E-state index contributed by atoms with van der Waals surface area (Å²) in [4.78, 5) is 13.9. The molecule has 2 atom stereocenters. The van der Waals surface area contributed by atoms with Crippen molar-refractivity contribution in [1.82, 2.24) is 10.2 Å². The van der Waals surface area contributed by atoms with Crippen LogP contribution < -0.4 is 5.32 Å². The number of hydrogen-bond donors (Lipinski definition) is 2. The van der Waals surface area contributed by atoms with E-state index in [9.17, 15) is 9.90 Å². The quantitative estimate of drug-likeness (QED) is 0.810. The predicted molar refractivity (Wildman–Crippen MR) is 84.2 cm³/mol. The van der Waals surface area contributed by atoms with Gasteiger partial charge >= 0.3 is 5.97 Å². The second-order valence-electron chi connectivity index (χ2n) is 6.24. The lowest BCUT2D eigenvalue weighted by molar-refractivity contribution is -0.144. The molecule has 0 saturated carbocycles. The van der Waals surface area contributed by atoms with Crippen LogP contribution in [0, 0.1) is 0 Å². The van der Waals surface area contributed by atoms with Gasteiger partial charge in [0.2, 0.25) is 0 Å². The number of likely N-dealkylation sites (tertiary alicyclic amines) is 1. The minimum Gasteiger partial charge on any atom is -0.480 e. The van der Waals surface area contributed by atoms with E-state index in [2.05, 4.69) is 34.5 Å². The highest BCUT2D eigenvalue weighted by atomic mass is 16.4. The summed E-state index contributed by atoms with van der Waals surface area (Å²) < 4.78 is 0. The number of carbonyl (C=O) groups is 1. The lowest BCUT2D eigenvalue weighted by atomic mass is 9.95. The molecule has 4 nitrogen and oxygen atoms in total. The van der Waals surface area contributed by atoms with Crippen LogP contribution in [-0.4, -0.2) is 40.6 Å². The van der Waals surface area contributed by atoms with Gasteiger partial charge in [0.05, 0.1) is 0 Å². The van der Waals surface area contributed by atoms with Crippen LogP contribution in [0.3, 0.4) is 0 Å². The van der Waals surface area contributed by atoms with Crippen LogP contribution in [0.4, 0.5) is 0 Å². The van der Waals surface area contributed by atoms with Crippen molar-refractivity contribution in [3.05, 3.63) is 35.9 Å². The van der Waals surface area contributed by atoms with Crippen molar-refractivity contribution in [2.45, 2.75) is 51.2 Å². The Balaban J connectivity index is 1.88. The topological polar surface area (TPSA) is 52.6 Å². The molecule has 0 amide bonds. The molecule has 1 heterocycles. The molecule has 2 rings (SSSR count). The summed E-state index contributed by atoms with van der Waals surface area (Å²) in [5, 5.41) is 12.8. The van der Waals surface area contributed by atoms with E-state index in [0.29, 0.717) is 6.42 Å². The van der Waals surface area contributed by atoms with Crippen molar-refractivity contribution < 1.29 is 9.90 Å². The number of nitrogens with one attached hydrogen (secondary N) is 1. The Labute approximate surface area is 127 Å². The van der Waals surface area contributed by atoms with Crippen LogP contribution in [0.5, 0.6) is 0 Å². The Bertz CT molecular complexity index is 463. The molecule has 0 aliphatic carbocycles. The van der Waals surface area contributed by atoms with Crippen molar-refractivity contribution in [1.29, 1.82) is 0 Å². The molecule has 1 aromatic carbocycles. The SMILES string of the molecule is CCCC(C)(NC1CCN(Cc2ccccc2)C1)C(=O)O. The maximum absolute atomic E-state index is 11.5. The van der Waals surface area contributed by atoms with Gasteiger partial charge < -0.3 is 5.11 Å². The first-order chi connectivity index (χ1) is 10.0. The van der Waals surface area contributed by atoms with Gasteiger partial charge in [0.15, 0.2) is 0 Å². The first-order valence-corrected chi connectivity index (χ1v) is 7.81. The fraction of sp³-hybridized carbons (Fsp3) is 0.588. The maximum atomic E-state index is 11.5. The average molecular weight is 290 g/mol. The second-order valence-corrected chi connectivity index (χ2v) is 6.24. The molecule has 21 heavy (non-hydrogen) atoms. The number of aliphatic carboxylic acids is 1. The summed E-state index contributed by atoms with van der Waals surface area (Å²) >= 11 is 0. The van der Waals surface area contributed by atoms with Gasteiger partial charge in [-0.2, -0.15) is 0 Å². The van der Waals surface area contributed by atoms with Crippen LogP contribution in [-0.2, 0) is 11.3 Å². The zero-order valence-corrected chi connectivity index (χ0v) is 13.0. The minimum absolute atomic E-state index is 0.265. The maximum Gasteiger partial charge on any atom is 0.323 e. The molecule has 1 aliphatic heterocycles. The van der Waals surface area contributed by atoms with Crippen LogP contribution in [0.25, 0.3) is 0 Å². The fourth-order valence-electron chi connectivity index (χ4n) is 3.13. The van der Waals surface area contributed by atoms with Gasteiger partial charge in [-0.3, -0.25) is 15.0 Å². The van der Waals surface area contributed by atoms with Gasteiger partial charge in [0, 0.05) is 25.7 Å². The summed E-state index contributed by atoms with van der Waals surface area (Å²) in [5.74, 6) is -0.745. The Morgan fingerprint density at radius 1 is 1.43 bits per heavy atom. The summed E-state index contributed by atoms with van der Waals surface area (Å²) in [6, 6.07) is 10.7. The van der Waals surface area contributed by atoms with Crippen molar-refractivity contribution in [2.75, 3.05) is 13.1 Å². The largest absolute Gasteiger partial charge is 0.480 e. The molecular formula is C17H26N2O2. The van der Waals surface area contributed by atoms with Gasteiger partial charge in [-0.05, 0) is 25.3 Å². The molecule has 0 radical (unpaired) electrons. The third-order valence-corrected chi connectivity index (χ3v) is 4.27. The molecule has 1 fully saturated rings. The highest BCUT2D eigenvalue weighted by Crippen LogP contribution is 2.19. The summed E-state index contributed by atoms with van der Waals surface area (Å²) in [6.45, 7) is 6.71. The van der Waals surface area contributed by atoms with Crippen molar-refractivity contribution in [2.24, 2.45) is 0 Å². The number of rotatable bonds is 7. The normalized spacial score (nSPS) is 22.1. The third-order valence-electron chi connectivity index (χ3n) is 4.27. The number of carboxylic acid groups (broad SMARTS) is 1.